The van der Waals surface area contributed by atoms with Crippen LogP contribution in [-0.4, -0.2) is 20.9 Å². The number of aliphatic hydroxyl groups is 1. The Balaban J connectivity index is 0.000000353. The van der Waals surface area contributed by atoms with Crippen molar-refractivity contribution in [2.24, 2.45) is 10.8 Å². The van der Waals surface area contributed by atoms with Crippen molar-refractivity contribution in [1.82, 2.24) is 9.97 Å². The van der Waals surface area contributed by atoms with E-state index in [1.807, 2.05) is 48.5 Å². The first-order valence-electron chi connectivity index (χ1n) is 14.5. The number of aryl methyl sites for hydroxylation is 3. The summed E-state index contributed by atoms with van der Waals surface area (Å²) in [5.74, 6) is 0.942. The standard InChI is InChI=1S/C25H25N2.C12H22O2.Ir/c1-15-12-19(14-20(13-15)25(4,5)6)23-21-11-10-18-9-7-8-16(2)22(18)24(21)27-17(3)26-23;1-7-12(5,6)10(14)8-9(13)11(2,3)4;/h7-11,13-14H,1-6H3;8,14H,7H2,1-6H3;/q-1;;/b;10-8-;. The van der Waals surface area contributed by atoms with E-state index in [1.54, 1.807) is 0 Å². The largest absolute Gasteiger partial charge is 0.512 e. The number of rotatable bonds is 4. The second kappa shape index (κ2) is 13.2. The predicted molar refractivity (Wildman–Crippen MR) is 173 cm³/mol. The minimum atomic E-state index is -0.419. The van der Waals surface area contributed by atoms with Crippen LogP contribution >= 0.6 is 0 Å². The smallest absolute Gasteiger partial charge is 0.164 e. The zero-order valence-electron chi connectivity index (χ0n) is 27.4. The van der Waals surface area contributed by atoms with Crippen LogP contribution in [0.25, 0.3) is 32.9 Å². The summed E-state index contributed by atoms with van der Waals surface area (Å²) in [6, 6.07) is 18.7. The first-order chi connectivity index (χ1) is 18.8. The first-order valence-corrected chi connectivity index (χ1v) is 14.5. The number of benzene rings is 3. The number of ketones is 1. The molecule has 4 rings (SSSR count). The normalized spacial score (nSPS) is 12.5. The van der Waals surface area contributed by atoms with Crippen molar-refractivity contribution >= 4 is 27.5 Å². The van der Waals surface area contributed by atoms with Crippen LogP contribution < -0.4 is 0 Å². The fourth-order valence-corrected chi connectivity index (χ4v) is 4.45. The number of allylic oxidation sites excluding steroid dienone is 2. The van der Waals surface area contributed by atoms with Crippen LogP contribution in [0.2, 0.25) is 0 Å². The molecule has 1 aromatic heterocycles. The summed E-state index contributed by atoms with van der Waals surface area (Å²) >= 11 is 0. The third-order valence-electron chi connectivity index (χ3n) is 7.74. The summed E-state index contributed by atoms with van der Waals surface area (Å²) in [6.45, 7) is 24.3. The van der Waals surface area contributed by atoms with Crippen molar-refractivity contribution in [3.8, 4) is 11.3 Å². The molecule has 0 saturated heterocycles. The molecule has 5 heteroatoms. The second-order valence-corrected chi connectivity index (χ2v) is 13.9. The predicted octanol–water partition coefficient (Wildman–Crippen LogP) is 9.95. The fourth-order valence-electron chi connectivity index (χ4n) is 4.45. The molecule has 0 amide bonds. The molecular weight excluding hydrogens is 697 g/mol. The van der Waals surface area contributed by atoms with Gasteiger partial charge in [0.15, 0.2) is 5.78 Å². The molecule has 0 atom stereocenters. The molecule has 1 radical (unpaired) electrons. The Morgan fingerprint density at radius 1 is 0.929 bits per heavy atom. The first kappa shape index (κ1) is 35.3. The summed E-state index contributed by atoms with van der Waals surface area (Å²) in [4.78, 5) is 21.3. The maximum absolute atomic E-state index is 11.6. The number of aromatic nitrogens is 2. The number of aliphatic hydroxyl groups excluding tert-OH is 1. The Bertz CT molecular complexity index is 1620. The van der Waals surface area contributed by atoms with E-state index >= 15 is 0 Å². The molecule has 0 spiro atoms. The summed E-state index contributed by atoms with van der Waals surface area (Å²) in [5.41, 5.74) is 6.08. The Morgan fingerprint density at radius 2 is 1.57 bits per heavy atom. The van der Waals surface area contributed by atoms with E-state index in [1.165, 1.54) is 28.0 Å². The van der Waals surface area contributed by atoms with Crippen LogP contribution in [0.5, 0.6) is 0 Å². The van der Waals surface area contributed by atoms with E-state index in [-0.39, 0.29) is 42.5 Å². The van der Waals surface area contributed by atoms with Crippen LogP contribution in [0.15, 0.2) is 54.3 Å². The van der Waals surface area contributed by atoms with Gasteiger partial charge < -0.3 is 5.11 Å². The quantitative estimate of drug-likeness (QED) is 0.0979. The number of carbonyl (C=O) groups is 1. The fraction of sp³-hybridized carbons (Fsp3) is 0.432. The van der Waals surface area contributed by atoms with Crippen LogP contribution in [0.3, 0.4) is 0 Å². The van der Waals surface area contributed by atoms with E-state index in [2.05, 4.69) is 83.1 Å². The molecule has 4 aromatic rings. The van der Waals surface area contributed by atoms with Gasteiger partial charge in [0.05, 0.1) is 5.52 Å². The molecule has 0 saturated carbocycles. The van der Waals surface area contributed by atoms with Gasteiger partial charge in [0, 0.05) is 42.4 Å². The molecule has 0 aliphatic heterocycles. The molecule has 3 aromatic carbocycles. The molecule has 1 N–H and O–H groups in total. The van der Waals surface area contributed by atoms with Crippen molar-refractivity contribution in [2.75, 3.05) is 0 Å². The van der Waals surface area contributed by atoms with Gasteiger partial charge in [0.25, 0.3) is 0 Å². The third-order valence-corrected chi connectivity index (χ3v) is 7.74. The van der Waals surface area contributed by atoms with Crippen LogP contribution in [-0.2, 0) is 30.3 Å². The van der Waals surface area contributed by atoms with Gasteiger partial charge in [-0.1, -0.05) is 99.6 Å². The minimum absolute atomic E-state index is 0. The average molecular weight is 744 g/mol. The molecule has 42 heavy (non-hydrogen) atoms. The van der Waals surface area contributed by atoms with Gasteiger partial charge >= 0.3 is 0 Å². The Labute approximate surface area is 266 Å². The SMILES string of the molecule is CCC(C)(C)/C(O)=C/C(=O)C(C)(C)C.Cc1[c-]c(-c2nc(C)nc3c2ccc2cccc(C)c23)cc(C(C)(C)C)c1.[Ir]. The number of fused-ring (bicyclic) bond motifs is 3. The van der Waals surface area contributed by atoms with Crippen molar-refractivity contribution in [3.63, 3.8) is 0 Å². The maximum Gasteiger partial charge on any atom is 0.164 e. The Kier molecular flexibility index (Phi) is 11.1. The summed E-state index contributed by atoms with van der Waals surface area (Å²) in [7, 11) is 0. The van der Waals surface area contributed by atoms with E-state index in [4.69, 9.17) is 9.97 Å². The third kappa shape index (κ3) is 8.14. The summed E-state index contributed by atoms with van der Waals surface area (Å²) in [6.07, 6.45) is 2.18. The molecule has 1 heterocycles. The van der Waals surface area contributed by atoms with Crippen molar-refractivity contribution in [1.29, 1.82) is 0 Å². The number of nitrogens with zero attached hydrogens (tertiary/aromatic N) is 2. The van der Waals surface area contributed by atoms with Gasteiger partial charge in [-0.3, -0.25) is 9.78 Å². The molecular formula is C37H47IrN2O2-. The average Bonchev–Trinajstić information content (AvgIpc) is 2.87. The van der Waals surface area contributed by atoms with Crippen molar-refractivity contribution in [2.45, 2.75) is 94.9 Å². The van der Waals surface area contributed by atoms with Crippen molar-refractivity contribution in [3.05, 3.63) is 82.9 Å². The van der Waals surface area contributed by atoms with E-state index in [0.29, 0.717) is 0 Å². The van der Waals surface area contributed by atoms with Crippen LogP contribution in [0.1, 0.15) is 91.2 Å². The van der Waals surface area contributed by atoms with Crippen molar-refractivity contribution < 1.29 is 30.0 Å². The van der Waals surface area contributed by atoms with E-state index in [0.717, 1.165) is 40.0 Å². The zero-order valence-corrected chi connectivity index (χ0v) is 29.8. The number of hydrogen-bond donors (Lipinski definition) is 1. The monoisotopic (exact) mass is 744 g/mol. The topological polar surface area (TPSA) is 63.1 Å². The molecule has 0 unspecified atom stereocenters. The van der Waals surface area contributed by atoms with Gasteiger partial charge in [0.1, 0.15) is 11.6 Å². The number of carbonyl (C=O) groups excluding carboxylic acids is 1. The van der Waals surface area contributed by atoms with Gasteiger partial charge in [-0.25, -0.2) is 4.98 Å². The molecule has 0 fully saturated rings. The number of hydrogen-bond acceptors (Lipinski definition) is 4. The Morgan fingerprint density at radius 3 is 2.14 bits per heavy atom. The summed E-state index contributed by atoms with van der Waals surface area (Å²) < 4.78 is 0. The van der Waals surface area contributed by atoms with E-state index < -0.39 is 5.41 Å². The Hall–Kier alpha value is -2.88. The molecule has 4 nitrogen and oxygen atoms in total. The zero-order chi connectivity index (χ0) is 30.9. The van der Waals surface area contributed by atoms with Crippen LogP contribution in [0, 0.1) is 37.7 Å². The minimum Gasteiger partial charge on any atom is -0.512 e. The molecule has 227 valence electrons. The van der Waals surface area contributed by atoms with E-state index in [9.17, 15) is 9.90 Å². The molecule has 0 aliphatic rings. The molecule has 0 aliphatic carbocycles. The van der Waals surface area contributed by atoms with Gasteiger partial charge in [-0.2, -0.15) is 0 Å². The van der Waals surface area contributed by atoms with Gasteiger partial charge in [0.2, 0.25) is 0 Å². The van der Waals surface area contributed by atoms with Gasteiger partial charge in [-0.05, 0) is 47.7 Å². The van der Waals surface area contributed by atoms with Crippen LogP contribution in [0.4, 0.5) is 0 Å². The maximum atomic E-state index is 11.6. The van der Waals surface area contributed by atoms with Gasteiger partial charge in [-0.15, -0.1) is 34.9 Å². The summed E-state index contributed by atoms with van der Waals surface area (Å²) in [5, 5.41) is 13.3. The molecule has 0 bridgehead atoms. The second-order valence-electron chi connectivity index (χ2n) is 13.9.